The van der Waals surface area contributed by atoms with Gasteiger partial charge in [-0.1, -0.05) is 6.07 Å². The molecule has 7 nitrogen and oxygen atoms in total. The van der Waals surface area contributed by atoms with Crippen LogP contribution in [0.2, 0.25) is 0 Å². The minimum absolute atomic E-state index is 0.0692. The number of rotatable bonds is 6. The summed E-state index contributed by atoms with van der Waals surface area (Å²) in [4.78, 5) is 24.2. The molecular formula is C23H37N5O2. The molecule has 4 rings (SSSR count). The fraction of sp³-hybridized carbons (Fsp3) is 0.739. The molecule has 7 heteroatoms. The second-order valence-corrected chi connectivity index (χ2v) is 9.42. The maximum Gasteiger partial charge on any atom is 0.269 e. The second-order valence-electron chi connectivity index (χ2n) is 9.42. The standard InChI is InChI=1S/C23H37N5O2/c1-17(2)28-12-9-20(21(29)16-28)26-10-4-11-27(14-13-26)22-6-3-5-19(25-22)23(30)24-15-18-7-8-18/h3,5-6,17-18,20-21,29H,4,7-16H2,1-2H3,(H,24,30)/t20?,21-/m1/s1. The van der Waals surface area contributed by atoms with Crippen LogP contribution in [0.25, 0.3) is 0 Å². The van der Waals surface area contributed by atoms with Crippen molar-refractivity contribution in [1.29, 1.82) is 0 Å². The third-order valence-corrected chi connectivity index (χ3v) is 6.85. The minimum atomic E-state index is -0.288. The van der Waals surface area contributed by atoms with Gasteiger partial charge in [-0.2, -0.15) is 0 Å². The first-order valence-electron chi connectivity index (χ1n) is 11.7. The Balaban J connectivity index is 1.34. The van der Waals surface area contributed by atoms with E-state index in [0.29, 0.717) is 17.7 Å². The van der Waals surface area contributed by atoms with Gasteiger partial charge in [-0.05, 0) is 57.6 Å². The fourth-order valence-electron chi connectivity index (χ4n) is 4.71. The van der Waals surface area contributed by atoms with E-state index in [1.54, 1.807) is 6.07 Å². The molecule has 0 bridgehead atoms. The van der Waals surface area contributed by atoms with Crippen molar-refractivity contribution < 1.29 is 9.90 Å². The van der Waals surface area contributed by atoms with Gasteiger partial charge in [-0.3, -0.25) is 14.6 Å². The molecule has 0 spiro atoms. The lowest BCUT2D eigenvalue weighted by Crippen LogP contribution is -2.56. The van der Waals surface area contributed by atoms with E-state index >= 15 is 0 Å². The number of aliphatic hydroxyl groups is 1. The van der Waals surface area contributed by atoms with Crippen molar-refractivity contribution in [1.82, 2.24) is 20.1 Å². The number of piperidine rings is 1. The molecule has 1 amide bonds. The summed E-state index contributed by atoms with van der Waals surface area (Å²) in [7, 11) is 0. The van der Waals surface area contributed by atoms with Crippen molar-refractivity contribution in [2.75, 3.05) is 50.7 Å². The van der Waals surface area contributed by atoms with Crippen molar-refractivity contribution in [2.45, 2.75) is 57.7 Å². The molecule has 1 unspecified atom stereocenters. The number of amides is 1. The summed E-state index contributed by atoms with van der Waals surface area (Å²) < 4.78 is 0. The predicted molar refractivity (Wildman–Crippen MR) is 119 cm³/mol. The van der Waals surface area contributed by atoms with E-state index in [2.05, 4.69) is 38.8 Å². The Labute approximate surface area is 180 Å². The first-order chi connectivity index (χ1) is 14.5. The van der Waals surface area contributed by atoms with Gasteiger partial charge in [0.05, 0.1) is 6.10 Å². The lowest BCUT2D eigenvalue weighted by molar-refractivity contribution is -0.0196. The highest BCUT2D eigenvalue weighted by Gasteiger charge is 2.33. The fourth-order valence-corrected chi connectivity index (χ4v) is 4.71. The molecule has 0 aromatic carbocycles. The van der Waals surface area contributed by atoms with Crippen LogP contribution in [0.4, 0.5) is 5.82 Å². The van der Waals surface area contributed by atoms with E-state index < -0.39 is 0 Å². The van der Waals surface area contributed by atoms with Gasteiger partial charge in [0.25, 0.3) is 5.91 Å². The van der Waals surface area contributed by atoms with Gasteiger partial charge >= 0.3 is 0 Å². The minimum Gasteiger partial charge on any atom is -0.390 e. The zero-order chi connectivity index (χ0) is 21.1. The van der Waals surface area contributed by atoms with Crippen molar-refractivity contribution in [3.8, 4) is 0 Å². The van der Waals surface area contributed by atoms with E-state index in [0.717, 1.165) is 64.5 Å². The number of hydrogen-bond donors (Lipinski definition) is 2. The normalized spacial score (nSPS) is 26.6. The van der Waals surface area contributed by atoms with Gasteiger partial charge in [0.2, 0.25) is 0 Å². The summed E-state index contributed by atoms with van der Waals surface area (Å²) >= 11 is 0. The number of pyridine rings is 1. The van der Waals surface area contributed by atoms with Crippen LogP contribution < -0.4 is 10.2 Å². The summed E-state index contributed by atoms with van der Waals surface area (Å²) in [6, 6.07) is 6.47. The van der Waals surface area contributed by atoms with Gasteiger partial charge in [0.15, 0.2) is 0 Å². The van der Waals surface area contributed by atoms with Crippen LogP contribution >= 0.6 is 0 Å². The zero-order valence-corrected chi connectivity index (χ0v) is 18.5. The van der Waals surface area contributed by atoms with Crippen LogP contribution in [0.15, 0.2) is 18.2 Å². The Morgan fingerprint density at radius 1 is 1.17 bits per heavy atom. The molecule has 1 saturated carbocycles. The maximum atomic E-state index is 12.4. The molecule has 1 aromatic rings. The molecule has 0 radical (unpaired) electrons. The van der Waals surface area contributed by atoms with Crippen molar-refractivity contribution in [3.63, 3.8) is 0 Å². The molecule has 1 aromatic heterocycles. The average molecular weight is 416 g/mol. The highest BCUT2D eigenvalue weighted by Crippen LogP contribution is 2.27. The lowest BCUT2D eigenvalue weighted by Gasteiger charge is -2.42. The molecule has 2 atom stereocenters. The van der Waals surface area contributed by atoms with E-state index in [-0.39, 0.29) is 18.1 Å². The van der Waals surface area contributed by atoms with Crippen LogP contribution in [-0.4, -0.2) is 89.8 Å². The smallest absolute Gasteiger partial charge is 0.269 e. The Kier molecular flexibility index (Phi) is 6.91. The number of nitrogens with zero attached hydrogens (tertiary/aromatic N) is 4. The van der Waals surface area contributed by atoms with E-state index in [4.69, 9.17) is 0 Å². The van der Waals surface area contributed by atoms with E-state index in [1.165, 1.54) is 12.8 Å². The molecule has 3 heterocycles. The van der Waals surface area contributed by atoms with Crippen LogP contribution in [-0.2, 0) is 0 Å². The van der Waals surface area contributed by atoms with E-state index in [9.17, 15) is 9.90 Å². The Bertz CT molecular complexity index is 723. The van der Waals surface area contributed by atoms with Gasteiger partial charge in [0.1, 0.15) is 11.5 Å². The summed E-state index contributed by atoms with van der Waals surface area (Å²) in [5.41, 5.74) is 0.505. The van der Waals surface area contributed by atoms with Crippen LogP contribution in [0.5, 0.6) is 0 Å². The summed E-state index contributed by atoms with van der Waals surface area (Å²) in [6.45, 7) is 10.7. The summed E-state index contributed by atoms with van der Waals surface area (Å²) in [5, 5.41) is 13.8. The number of carbonyl (C=O) groups excluding carboxylic acids is 1. The molecular weight excluding hydrogens is 378 g/mol. The summed E-state index contributed by atoms with van der Waals surface area (Å²) in [6.07, 6.45) is 4.22. The number of likely N-dealkylation sites (tertiary alicyclic amines) is 1. The number of nitrogens with one attached hydrogen (secondary N) is 1. The number of aliphatic hydroxyl groups excluding tert-OH is 1. The highest BCUT2D eigenvalue weighted by molar-refractivity contribution is 5.92. The zero-order valence-electron chi connectivity index (χ0n) is 18.5. The number of β-amino-alcohol motifs (C(OH)–C–C–N with tert-alkyl or cyclic N) is 1. The number of carbonyl (C=O) groups is 1. The van der Waals surface area contributed by atoms with Gasteiger partial charge in [-0.25, -0.2) is 4.98 Å². The van der Waals surface area contributed by atoms with Crippen LogP contribution in [0.1, 0.15) is 50.0 Å². The molecule has 3 fully saturated rings. The van der Waals surface area contributed by atoms with Crippen LogP contribution in [0.3, 0.4) is 0 Å². The largest absolute Gasteiger partial charge is 0.390 e. The van der Waals surface area contributed by atoms with E-state index in [1.807, 2.05) is 12.1 Å². The third kappa shape index (κ3) is 5.31. The van der Waals surface area contributed by atoms with Gasteiger partial charge in [0, 0.05) is 57.9 Å². The van der Waals surface area contributed by atoms with Gasteiger partial charge in [-0.15, -0.1) is 0 Å². The molecule has 30 heavy (non-hydrogen) atoms. The monoisotopic (exact) mass is 415 g/mol. The first-order valence-corrected chi connectivity index (χ1v) is 11.7. The number of anilines is 1. The molecule has 3 aliphatic rings. The van der Waals surface area contributed by atoms with Crippen molar-refractivity contribution >= 4 is 11.7 Å². The maximum absolute atomic E-state index is 12.4. The average Bonchev–Trinajstić information content (AvgIpc) is 3.59. The molecule has 1 aliphatic carbocycles. The molecule has 2 aliphatic heterocycles. The first kappa shape index (κ1) is 21.5. The number of hydrogen-bond acceptors (Lipinski definition) is 6. The Morgan fingerprint density at radius 3 is 2.73 bits per heavy atom. The molecule has 166 valence electrons. The van der Waals surface area contributed by atoms with Crippen LogP contribution in [0, 0.1) is 5.92 Å². The molecule has 2 saturated heterocycles. The predicted octanol–water partition coefficient (Wildman–Crippen LogP) is 1.58. The Morgan fingerprint density at radius 2 is 2.00 bits per heavy atom. The van der Waals surface area contributed by atoms with Crippen molar-refractivity contribution in [2.24, 2.45) is 5.92 Å². The Hall–Kier alpha value is -1.70. The highest BCUT2D eigenvalue weighted by atomic mass is 16.3. The quantitative estimate of drug-likeness (QED) is 0.735. The van der Waals surface area contributed by atoms with Crippen molar-refractivity contribution in [3.05, 3.63) is 23.9 Å². The topological polar surface area (TPSA) is 71.9 Å². The molecule has 2 N–H and O–H groups in total. The SMILES string of the molecule is CC(C)N1CCC(N2CCCN(c3cccc(C(=O)NCC4CC4)n3)CC2)[C@H](O)C1. The second kappa shape index (κ2) is 9.62. The lowest BCUT2D eigenvalue weighted by atomic mass is 9.98. The number of aromatic nitrogens is 1. The summed E-state index contributed by atoms with van der Waals surface area (Å²) in [5.74, 6) is 1.47. The third-order valence-electron chi connectivity index (χ3n) is 6.85. The van der Waals surface area contributed by atoms with Gasteiger partial charge < -0.3 is 15.3 Å².